The summed E-state index contributed by atoms with van der Waals surface area (Å²) in [5.74, 6) is 1.12. The lowest BCUT2D eigenvalue weighted by Crippen LogP contribution is -2.15. The van der Waals surface area contributed by atoms with Gasteiger partial charge < -0.3 is 15.6 Å². The Bertz CT molecular complexity index is 518. The van der Waals surface area contributed by atoms with Crippen LogP contribution >= 0.6 is 0 Å². The third kappa shape index (κ3) is 4.59. The van der Waals surface area contributed by atoms with Gasteiger partial charge in [-0.25, -0.2) is 0 Å². The zero-order chi connectivity index (χ0) is 14.4. The van der Waals surface area contributed by atoms with Crippen LogP contribution in [0.3, 0.4) is 0 Å². The van der Waals surface area contributed by atoms with Crippen molar-refractivity contribution in [3.8, 4) is 11.5 Å². The molecule has 3 nitrogen and oxygen atoms in total. The Morgan fingerprint density at radius 1 is 1.00 bits per heavy atom. The second kappa shape index (κ2) is 6.96. The first-order chi connectivity index (χ1) is 9.63. The zero-order valence-corrected chi connectivity index (χ0v) is 11.8. The number of aryl methyl sites for hydroxylation is 1. The number of phenols is 1. The molecule has 0 fully saturated rings. The van der Waals surface area contributed by atoms with Crippen LogP contribution in [0.25, 0.3) is 0 Å². The van der Waals surface area contributed by atoms with Crippen LogP contribution in [0.1, 0.15) is 24.5 Å². The summed E-state index contributed by atoms with van der Waals surface area (Å²) in [5, 5.41) is 9.21. The topological polar surface area (TPSA) is 55.5 Å². The molecule has 0 aliphatic heterocycles. The molecule has 0 bridgehead atoms. The van der Waals surface area contributed by atoms with E-state index in [1.54, 1.807) is 12.1 Å². The minimum atomic E-state index is 0.237. The first-order valence-electron chi connectivity index (χ1n) is 6.89. The van der Waals surface area contributed by atoms with Crippen LogP contribution in [-0.2, 0) is 13.0 Å². The van der Waals surface area contributed by atoms with E-state index < -0.39 is 0 Å². The van der Waals surface area contributed by atoms with E-state index in [9.17, 15) is 5.11 Å². The SMILES string of the molecule is CC(N)CCc1ccc(OCc2ccc(O)cc2)cc1. The smallest absolute Gasteiger partial charge is 0.119 e. The van der Waals surface area contributed by atoms with E-state index in [0.29, 0.717) is 6.61 Å². The maximum absolute atomic E-state index is 9.21. The number of phenolic OH excluding ortho intramolecular Hbond substituents is 1. The molecule has 2 aromatic rings. The van der Waals surface area contributed by atoms with Gasteiger partial charge in [0.1, 0.15) is 18.1 Å². The molecule has 3 N–H and O–H groups in total. The quantitative estimate of drug-likeness (QED) is 0.848. The van der Waals surface area contributed by atoms with Crippen LogP contribution in [0.2, 0.25) is 0 Å². The maximum atomic E-state index is 9.21. The third-order valence-corrected chi connectivity index (χ3v) is 3.15. The van der Waals surface area contributed by atoms with Crippen molar-refractivity contribution in [1.82, 2.24) is 0 Å². The van der Waals surface area contributed by atoms with E-state index in [4.69, 9.17) is 10.5 Å². The fraction of sp³-hybridized carbons (Fsp3) is 0.294. The molecule has 0 amide bonds. The summed E-state index contributed by atoms with van der Waals surface area (Å²) in [6.07, 6.45) is 1.99. The van der Waals surface area contributed by atoms with E-state index in [0.717, 1.165) is 24.2 Å². The van der Waals surface area contributed by atoms with Crippen LogP contribution < -0.4 is 10.5 Å². The molecule has 20 heavy (non-hydrogen) atoms. The van der Waals surface area contributed by atoms with Crippen LogP contribution in [0.15, 0.2) is 48.5 Å². The predicted molar refractivity (Wildman–Crippen MR) is 80.9 cm³/mol. The summed E-state index contributed by atoms with van der Waals surface area (Å²) in [6, 6.07) is 15.4. The Balaban J connectivity index is 1.85. The van der Waals surface area contributed by atoms with Crippen molar-refractivity contribution >= 4 is 0 Å². The molecule has 1 unspecified atom stereocenters. The molecule has 0 heterocycles. The van der Waals surface area contributed by atoms with E-state index >= 15 is 0 Å². The number of nitrogens with two attached hydrogens (primary N) is 1. The number of hydrogen-bond acceptors (Lipinski definition) is 3. The van der Waals surface area contributed by atoms with Gasteiger partial charge in [0.15, 0.2) is 0 Å². The van der Waals surface area contributed by atoms with Gasteiger partial charge in [-0.3, -0.25) is 0 Å². The fourth-order valence-electron chi connectivity index (χ4n) is 1.91. The largest absolute Gasteiger partial charge is 0.508 e. The third-order valence-electron chi connectivity index (χ3n) is 3.15. The molecule has 1 atom stereocenters. The molecule has 0 aliphatic rings. The van der Waals surface area contributed by atoms with E-state index in [1.807, 2.05) is 31.2 Å². The van der Waals surface area contributed by atoms with Gasteiger partial charge in [0.2, 0.25) is 0 Å². The molecule has 0 aromatic heterocycles. The van der Waals surface area contributed by atoms with E-state index in [2.05, 4.69) is 12.1 Å². The standard InChI is InChI=1S/C17H21NO2/c1-13(18)2-3-14-6-10-17(11-7-14)20-12-15-4-8-16(19)9-5-15/h4-11,13,19H,2-3,12,18H2,1H3. The van der Waals surface area contributed by atoms with Gasteiger partial charge >= 0.3 is 0 Å². The van der Waals surface area contributed by atoms with Crippen molar-refractivity contribution in [2.45, 2.75) is 32.4 Å². The van der Waals surface area contributed by atoms with Gasteiger partial charge in [-0.1, -0.05) is 24.3 Å². The molecule has 2 aromatic carbocycles. The van der Waals surface area contributed by atoms with Crippen LogP contribution in [0, 0.1) is 0 Å². The van der Waals surface area contributed by atoms with Crippen LogP contribution in [0.5, 0.6) is 11.5 Å². The Morgan fingerprint density at radius 2 is 1.60 bits per heavy atom. The summed E-state index contributed by atoms with van der Waals surface area (Å²) >= 11 is 0. The molecule has 0 radical (unpaired) electrons. The average molecular weight is 271 g/mol. The maximum Gasteiger partial charge on any atom is 0.119 e. The van der Waals surface area contributed by atoms with Crippen molar-refractivity contribution in [2.24, 2.45) is 5.73 Å². The zero-order valence-electron chi connectivity index (χ0n) is 11.8. The van der Waals surface area contributed by atoms with Crippen molar-refractivity contribution in [2.75, 3.05) is 0 Å². The Kier molecular flexibility index (Phi) is 5.02. The second-order valence-electron chi connectivity index (χ2n) is 5.12. The first-order valence-corrected chi connectivity index (χ1v) is 6.89. The minimum Gasteiger partial charge on any atom is -0.508 e. The van der Waals surface area contributed by atoms with Crippen molar-refractivity contribution in [3.05, 3.63) is 59.7 Å². The lowest BCUT2D eigenvalue weighted by Gasteiger charge is -2.08. The van der Waals surface area contributed by atoms with Gasteiger partial charge in [-0.05, 0) is 55.2 Å². The highest BCUT2D eigenvalue weighted by Crippen LogP contribution is 2.16. The Hall–Kier alpha value is -2.00. The molecule has 0 spiro atoms. The van der Waals surface area contributed by atoms with Crippen molar-refractivity contribution in [1.29, 1.82) is 0 Å². The summed E-state index contributed by atoms with van der Waals surface area (Å²) in [5.41, 5.74) is 8.06. The highest BCUT2D eigenvalue weighted by Gasteiger charge is 1.99. The molecule has 0 saturated heterocycles. The lowest BCUT2D eigenvalue weighted by molar-refractivity contribution is 0.306. The highest BCUT2D eigenvalue weighted by molar-refractivity contribution is 5.29. The Morgan fingerprint density at radius 3 is 2.20 bits per heavy atom. The molecule has 2 rings (SSSR count). The summed E-state index contributed by atoms with van der Waals surface area (Å²) in [4.78, 5) is 0. The molecular weight excluding hydrogens is 250 g/mol. The van der Waals surface area contributed by atoms with Gasteiger partial charge in [0, 0.05) is 6.04 Å². The summed E-state index contributed by atoms with van der Waals surface area (Å²) in [7, 11) is 0. The monoisotopic (exact) mass is 271 g/mol. The Labute approximate surface area is 120 Å². The second-order valence-corrected chi connectivity index (χ2v) is 5.12. The minimum absolute atomic E-state index is 0.237. The average Bonchev–Trinajstić information content (AvgIpc) is 2.45. The fourth-order valence-corrected chi connectivity index (χ4v) is 1.91. The van der Waals surface area contributed by atoms with E-state index in [1.165, 1.54) is 5.56 Å². The van der Waals surface area contributed by atoms with E-state index in [-0.39, 0.29) is 11.8 Å². The number of ether oxygens (including phenoxy) is 1. The lowest BCUT2D eigenvalue weighted by atomic mass is 10.1. The number of rotatable bonds is 6. The van der Waals surface area contributed by atoms with Gasteiger partial charge in [-0.15, -0.1) is 0 Å². The highest BCUT2D eigenvalue weighted by atomic mass is 16.5. The molecule has 3 heteroatoms. The normalized spacial score (nSPS) is 12.1. The number of benzene rings is 2. The van der Waals surface area contributed by atoms with Crippen molar-refractivity contribution < 1.29 is 9.84 Å². The first kappa shape index (κ1) is 14.4. The predicted octanol–water partition coefficient (Wildman–Crippen LogP) is 3.25. The van der Waals surface area contributed by atoms with Gasteiger partial charge in [0.05, 0.1) is 0 Å². The number of aromatic hydroxyl groups is 1. The van der Waals surface area contributed by atoms with Crippen LogP contribution in [0.4, 0.5) is 0 Å². The molecule has 0 saturated carbocycles. The summed E-state index contributed by atoms with van der Waals surface area (Å²) < 4.78 is 5.71. The van der Waals surface area contributed by atoms with Gasteiger partial charge in [0.25, 0.3) is 0 Å². The summed E-state index contributed by atoms with van der Waals surface area (Å²) in [6.45, 7) is 2.52. The molecule has 106 valence electrons. The molecular formula is C17H21NO2. The number of hydrogen-bond donors (Lipinski definition) is 2. The van der Waals surface area contributed by atoms with Gasteiger partial charge in [-0.2, -0.15) is 0 Å². The van der Waals surface area contributed by atoms with Crippen molar-refractivity contribution in [3.63, 3.8) is 0 Å². The van der Waals surface area contributed by atoms with Crippen LogP contribution in [-0.4, -0.2) is 11.1 Å². The molecule has 0 aliphatic carbocycles.